The minimum absolute atomic E-state index is 0.156. The lowest BCUT2D eigenvalue weighted by molar-refractivity contribution is 0.0942. The smallest absolute Gasteiger partial charge is 0.274 e. The molecule has 0 unspecified atom stereocenters. The van der Waals surface area contributed by atoms with Gasteiger partial charge in [-0.3, -0.25) is 4.79 Å². The maximum absolute atomic E-state index is 12.8. The van der Waals surface area contributed by atoms with Crippen molar-refractivity contribution >= 4 is 12.0 Å². The van der Waals surface area contributed by atoms with Gasteiger partial charge in [0.25, 0.3) is 5.91 Å². The van der Waals surface area contributed by atoms with Gasteiger partial charge in [0.2, 0.25) is 5.88 Å². The molecule has 1 heterocycles. The van der Waals surface area contributed by atoms with Crippen LogP contribution >= 0.6 is 0 Å². The summed E-state index contributed by atoms with van der Waals surface area (Å²) in [5.41, 5.74) is 0.913. The fourth-order valence-electron chi connectivity index (χ4n) is 1.82. The summed E-state index contributed by atoms with van der Waals surface area (Å²) in [7, 11) is 1.41. The van der Waals surface area contributed by atoms with E-state index in [0.717, 1.165) is 5.56 Å². The number of pyridine rings is 1. The van der Waals surface area contributed by atoms with Crippen molar-refractivity contribution in [3.63, 3.8) is 0 Å². The van der Waals surface area contributed by atoms with E-state index in [0.29, 0.717) is 5.56 Å². The number of hydrogen-bond donors (Lipinski definition) is 2. The fraction of sp³-hybridized carbons (Fsp3) is 0.125. The van der Waals surface area contributed by atoms with Crippen molar-refractivity contribution in [1.29, 1.82) is 0 Å². The fourth-order valence-corrected chi connectivity index (χ4v) is 1.82. The molecule has 5 nitrogen and oxygen atoms in total. The Hall–Kier alpha value is -2.89. The Morgan fingerprint density at radius 3 is 2.73 bits per heavy atom. The second kappa shape index (κ2) is 6.71. The average Bonchev–Trinajstić information content (AvgIpc) is 2.54. The van der Waals surface area contributed by atoms with Crippen LogP contribution in [0.2, 0.25) is 0 Å². The van der Waals surface area contributed by atoms with Gasteiger partial charge in [-0.25, -0.2) is 9.37 Å². The van der Waals surface area contributed by atoms with E-state index in [2.05, 4.69) is 16.9 Å². The predicted octanol–water partition coefficient (Wildman–Crippen LogP) is 2.51. The Balaban J connectivity index is 2.18. The first-order chi connectivity index (χ1) is 10.5. The monoisotopic (exact) mass is 302 g/mol. The summed E-state index contributed by atoms with van der Waals surface area (Å²) in [6.07, 6.45) is 1.40. The van der Waals surface area contributed by atoms with Crippen molar-refractivity contribution in [2.24, 2.45) is 0 Å². The van der Waals surface area contributed by atoms with Crippen LogP contribution < -0.4 is 10.1 Å². The zero-order chi connectivity index (χ0) is 16.1. The van der Waals surface area contributed by atoms with E-state index in [1.165, 1.54) is 31.4 Å². The predicted molar refractivity (Wildman–Crippen MR) is 80.1 cm³/mol. The summed E-state index contributed by atoms with van der Waals surface area (Å²) in [6.45, 7) is 3.74. The highest BCUT2D eigenvalue weighted by Crippen LogP contribution is 2.26. The van der Waals surface area contributed by atoms with E-state index in [4.69, 9.17) is 4.74 Å². The van der Waals surface area contributed by atoms with Crippen LogP contribution in [0.1, 0.15) is 21.6 Å². The quantitative estimate of drug-likeness (QED) is 0.890. The molecule has 0 radical (unpaired) electrons. The lowest BCUT2D eigenvalue weighted by Gasteiger charge is -2.10. The molecule has 0 fully saturated rings. The first kappa shape index (κ1) is 15.5. The molecule has 1 aromatic carbocycles. The van der Waals surface area contributed by atoms with Crippen LogP contribution in [0.3, 0.4) is 0 Å². The number of carbonyl (C=O) groups excluding carboxylic acids is 1. The zero-order valence-corrected chi connectivity index (χ0v) is 12.0. The van der Waals surface area contributed by atoms with E-state index >= 15 is 0 Å². The third-order valence-corrected chi connectivity index (χ3v) is 3.01. The van der Waals surface area contributed by atoms with Crippen molar-refractivity contribution < 1.29 is 19.0 Å². The van der Waals surface area contributed by atoms with Crippen LogP contribution in [-0.4, -0.2) is 23.1 Å². The molecule has 2 N–H and O–H groups in total. The van der Waals surface area contributed by atoms with Crippen molar-refractivity contribution in [3.05, 3.63) is 59.5 Å². The van der Waals surface area contributed by atoms with Gasteiger partial charge in [-0.1, -0.05) is 24.8 Å². The van der Waals surface area contributed by atoms with Crippen molar-refractivity contribution in [1.82, 2.24) is 10.3 Å². The third kappa shape index (κ3) is 3.41. The molecule has 22 heavy (non-hydrogen) atoms. The number of benzene rings is 1. The normalized spacial score (nSPS) is 10.1. The van der Waals surface area contributed by atoms with Gasteiger partial charge in [-0.05, 0) is 17.7 Å². The number of hydrogen-bond acceptors (Lipinski definition) is 4. The topological polar surface area (TPSA) is 71.5 Å². The Kier molecular flexibility index (Phi) is 4.73. The van der Waals surface area contributed by atoms with Crippen LogP contribution in [-0.2, 0) is 6.54 Å². The molecule has 1 amide bonds. The maximum Gasteiger partial charge on any atom is 0.274 e. The Labute approximate surface area is 127 Å². The Morgan fingerprint density at radius 1 is 1.45 bits per heavy atom. The molecule has 6 heteroatoms. The molecule has 2 rings (SSSR count). The highest BCUT2D eigenvalue weighted by Gasteiger charge is 2.17. The van der Waals surface area contributed by atoms with E-state index < -0.39 is 5.91 Å². The molecule has 0 aliphatic heterocycles. The second-order valence-corrected chi connectivity index (χ2v) is 4.46. The van der Waals surface area contributed by atoms with E-state index in [-0.39, 0.29) is 29.7 Å². The van der Waals surface area contributed by atoms with E-state index in [9.17, 15) is 14.3 Å². The highest BCUT2D eigenvalue weighted by atomic mass is 19.1. The van der Waals surface area contributed by atoms with Crippen molar-refractivity contribution in [2.45, 2.75) is 6.54 Å². The van der Waals surface area contributed by atoms with Gasteiger partial charge in [0.15, 0.2) is 11.4 Å². The summed E-state index contributed by atoms with van der Waals surface area (Å²) in [5, 5.41) is 12.6. The molecule has 0 bridgehead atoms. The molecule has 0 aliphatic rings. The van der Waals surface area contributed by atoms with Crippen LogP contribution in [0.25, 0.3) is 6.08 Å². The van der Waals surface area contributed by atoms with Gasteiger partial charge in [0, 0.05) is 18.2 Å². The van der Waals surface area contributed by atoms with Crippen LogP contribution in [0.15, 0.2) is 36.9 Å². The van der Waals surface area contributed by atoms with Gasteiger partial charge >= 0.3 is 0 Å². The maximum atomic E-state index is 12.8. The lowest BCUT2D eigenvalue weighted by atomic mass is 10.1. The second-order valence-electron chi connectivity index (χ2n) is 4.46. The molecule has 0 saturated carbocycles. The molecule has 0 aliphatic carbocycles. The number of halogens is 1. The van der Waals surface area contributed by atoms with Crippen LogP contribution in [0, 0.1) is 5.82 Å². The minimum Gasteiger partial charge on any atom is -0.505 e. The third-order valence-electron chi connectivity index (χ3n) is 3.01. The lowest BCUT2D eigenvalue weighted by Crippen LogP contribution is -2.24. The summed E-state index contributed by atoms with van der Waals surface area (Å²) < 4.78 is 17.8. The average molecular weight is 302 g/mol. The van der Waals surface area contributed by atoms with Gasteiger partial charge in [0.05, 0.1) is 7.11 Å². The van der Waals surface area contributed by atoms with Gasteiger partial charge in [-0.2, -0.15) is 0 Å². The number of aromatic hydroxyl groups is 1. The summed E-state index contributed by atoms with van der Waals surface area (Å²) >= 11 is 0. The van der Waals surface area contributed by atoms with E-state index in [1.54, 1.807) is 12.1 Å². The molecule has 2 aromatic rings. The number of aromatic nitrogens is 1. The molecule has 0 atom stereocenters. The van der Waals surface area contributed by atoms with Crippen LogP contribution in [0.4, 0.5) is 4.39 Å². The zero-order valence-electron chi connectivity index (χ0n) is 12.0. The molecular weight excluding hydrogens is 287 g/mol. The number of methoxy groups -OCH3 is 1. The first-order valence-corrected chi connectivity index (χ1v) is 6.48. The Morgan fingerprint density at radius 2 is 2.14 bits per heavy atom. The van der Waals surface area contributed by atoms with Crippen LogP contribution in [0.5, 0.6) is 11.6 Å². The molecule has 1 aromatic heterocycles. The SMILES string of the molecule is C=Cc1cc(OC)nc(C(=O)NCc2ccc(F)cc2)c1O. The summed E-state index contributed by atoms with van der Waals surface area (Å²) in [6, 6.07) is 7.20. The first-order valence-electron chi connectivity index (χ1n) is 6.48. The van der Waals surface area contributed by atoms with Gasteiger partial charge in [-0.15, -0.1) is 0 Å². The Bertz CT molecular complexity index is 699. The summed E-state index contributed by atoms with van der Waals surface area (Å²) in [4.78, 5) is 16.1. The number of nitrogens with one attached hydrogen (secondary N) is 1. The van der Waals surface area contributed by atoms with Crippen molar-refractivity contribution in [3.8, 4) is 11.6 Å². The number of ether oxygens (including phenoxy) is 1. The minimum atomic E-state index is -0.566. The molecular formula is C16H15FN2O3. The number of nitrogens with zero attached hydrogens (tertiary/aromatic N) is 1. The van der Waals surface area contributed by atoms with Crippen molar-refractivity contribution in [2.75, 3.05) is 7.11 Å². The standard InChI is InChI=1S/C16H15FN2O3/c1-3-11-8-13(22-2)19-14(15(11)20)16(21)18-9-10-4-6-12(17)7-5-10/h3-8,20H,1,9H2,2H3,(H,18,21). The summed E-state index contributed by atoms with van der Waals surface area (Å²) in [5.74, 6) is -0.992. The van der Waals surface area contributed by atoms with Gasteiger partial charge in [0.1, 0.15) is 5.82 Å². The number of rotatable bonds is 5. The largest absolute Gasteiger partial charge is 0.505 e. The number of carbonyl (C=O) groups is 1. The molecule has 0 spiro atoms. The highest BCUT2D eigenvalue weighted by molar-refractivity contribution is 5.96. The van der Waals surface area contributed by atoms with Gasteiger partial charge < -0.3 is 15.2 Å². The molecule has 0 saturated heterocycles. The number of amides is 1. The van der Waals surface area contributed by atoms with E-state index in [1.807, 2.05) is 0 Å². The molecule has 114 valence electrons.